The van der Waals surface area contributed by atoms with Crippen molar-refractivity contribution in [1.29, 1.82) is 0 Å². The van der Waals surface area contributed by atoms with Crippen LogP contribution in [0.25, 0.3) is 0 Å². The van der Waals surface area contributed by atoms with Gasteiger partial charge in [0.1, 0.15) is 0 Å². The summed E-state index contributed by atoms with van der Waals surface area (Å²) in [5.41, 5.74) is 0. The lowest BCUT2D eigenvalue weighted by molar-refractivity contribution is -0.0672. The normalized spacial score (nSPS) is 24.2. The molecule has 1 heterocycles. The van der Waals surface area contributed by atoms with E-state index in [1.807, 2.05) is 6.92 Å². The number of rotatable bonds is 7. The van der Waals surface area contributed by atoms with Crippen LogP contribution in [0.15, 0.2) is 0 Å². The fraction of sp³-hybridized carbons (Fsp3) is 0.923. The lowest BCUT2D eigenvalue weighted by Crippen LogP contribution is -2.48. The molecule has 1 aliphatic heterocycles. The Morgan fingerprint density at radius 1 is 1.26 bits per heavy atom. The minimum absolute atomic E-state index is 0.131. The third-order valence-electron chi connectivity index (χ3n) is 2.94. The molecule has 19 heavy (non-hydrogen) atoms. The lowest BCUT2D eigenvalue weighted by atomic mass is 10.2. The van der Waals surface area contributed by atoms with Crippen LogP contribution >= 0.6 is 0 Å². The molecule has 0 aromatic carbocycles. The number of morpholine rings is 1. The summed E-state index contributed by atoms with van der Waals surface area (Å²) in [4.78, 5) is 13.8. The third-order valence-corrected chi connectivity index (χ3v) is 2.94. The van der Waals surface area contributed by atoms with Gasteiger partial charge in [0.2, 0.25) is 0 Å². The van der Waals surface area contributed by atoms with Crippen LogP contribution in [0.1, 0.15) is 20.8 Å². The maximum atomic E-state index is 11.5. The summed E-state index contributed by atoms with van der Waals surface area (Å²) >= 11 is 0. The van der Waals surface area contributed by atoms with Crippen LogP contribution in [0.4, 0.5) is 4.79 Å². The predicted molar refractivity (Wildman–Crippen MR) is 74.3 cm³/mol. The second kappa shape index (κ2) is 9.12. The van der Waals surface area contributed by atoms with Gasteiger partial charge in [-0.15, -0.1) is 0 Å². The Balaban J connectivity index is 2.04. The zero-order chi connectivity index (χ0) is 14.1. The first-order valence-electron chi connectivity index (χ1n) is 7.09. The topological polar surface area (TPSA) is 62.8 Å². The molecule has 0 aliphatic carbocycles. The SMILES string of the molecule is CCOCCNC(=O)NCCN1CC(C)OC(C)C1. The van der Waals surface area contributed by atoms with Gasteiger partial charge >= 0.3 is 6.03 Å². The van der Waals surface area contributed by atoms with Gasteiger partial charge in [0, 0.05) is 39.3 Å². The summed E-state index contributed by atoms with van der Waals surface area (Å²) < 4.78 is 10.8. The molecular formula is C13H27N3O3. The van der Waals surface area contributed by atoms with Crippen LogP contribution in [-0.2, 0) is 9.47 Å². The number of urea groups is 1. The van der Waals surface area contributed by atoms with E-state index in [4.69, 9.17) is 9.47 Å². The molecule has 6 heteroatoms. The van der Waals surface area contributed by atoms with Crippen molar-refractivity contribution >= 4 is 6.03 Å². The highest BCUT2D eigenvalue weighted by molar-refractivity contribution is 5.73. The van der Waals surface area contributed by atoms with Crippen LogP contribution in [0.5, 0.6) is 0 Å². The predicted octanol–water partition coefficient (Wildman–Crippen LogP) is 0.431. The molecular weight excluding hydrogens is 246 g/mol. The molecule has 6 nitrogen and oxygen atoms in total. The Bertz CT molecular complexity index is 254. The van der Waals surface area contributed by atoms with E-state index < -0.39 is 0 Å². The molecule has 0 aromatic heterocycles. The molecule has 1 aliphatic rings. The van der Waals surface area contributed by atoms with E-state index in [1.165, 1.54) is 0 Å². The van der Waals surface area contributed by atoms with Crippen molar-refractivity contribution < 1.29 is 14.3 Å². The number of nitrogens with one attached hydrogen (secondary N) is 2. The summed E-state index contributed by atoms with van der Waals surface area (Å²) in [5.74, 6) is 0. The number of hydrogen-bond acceptors (Lipinski definition) is 4. The molecule has 2 amide bonds. The first-order chi connectivity index (χ1) is 9.11. The third kappa shape index (κ3) is 7.34. The Labute approximate surface area is 115 Å². The second-order valence-corrected chi connectivity index (χ2v) is 4.90. The van der Waals surface area contributed by atoms with E-state index in [0.29, 0.717) is 26.3 Å². The highest BCUT2D eigenvalue weighted by Gasteiger charge is 2.21. The van der Waals surface area contributed by atoms with E-state index in [2.05, 4.69) is 29.4 Å². The molecule has 1 saturated heterocycles. The number of hydrogen-bond donors (Lipinski definition) is 2. The maximum absolute atomic E-state index is 11.5. The number of carbonyl (C=O) groups excluding carboxylic acids is 1. The average Bonchev–Trinajstić information content (AvgIpc) is 2.33. The van der Waals surface area contributed by atoms with Gasteiger partial charge in [-0.1, -0.05) is 0 Å². The zero-order valence-corrected chi connectivity index (χ0v) is 12.3. The fourth-order valence-electron chi connectivity index (χ4n) is 2.24. The van der Waals surface area contributed by atoms with Crippen LogP contribution in [0.2, 0.25) is 0 Å². The monoisotopic (exact) mass is 273 g/mol. The molecule has 112 valence electrons. The molecule has 2 N–H and O–H groups in total. The van der Waals surface area contributed by atoms with E-state index in [1.54, 1.807) is 0 Å². The first-order valence-corrected chi connectivity index (χ1v) is 7.09. The Hall–Kier alpha value is -0.850. The Kier molecular flexibility index (Phi) is 7.78. The zero-order valence-electron chi connectivity index (χ0n) is 12.3. The number of nitrogens with zero attached hydrogens (tertiary/aromatic N) is 1. The van der Waals surface area contributed by atoms with Gasteiger partial charge in [0.05, 0.1) is 18.8 Å². The fourth-order valence-corrected chi connectivity index (χ4v) is 2.24. The maximum Gasteiger partial charge on any atom is 0.314 e. The highest BCUT2D eigenvalue weighted by atomic mass is 16.5. The Morgan fingerprint density at radius 3 is 2.53 bits per heavy atom. The van der Waals surface area contributed by atoms with Gasteiger partial charge in [0.15, 0.2) is 0 Å². The first kappa shape index (κ1) is 16.2. The summed E-state index contributed by atoms with van der Waals surface area (Å²) in [6, 6.07) is -0.131. The summed E-state index contributed by atoms with van der Waals surface area (Å²) in [6.45, 7) is 11.2. The van der Waals surface area contributed by atoms with Crippen LogP contribution in [0.3, 0.4) is 0 Å². The molecule has 0 radical (unpaired) electrons. The summed E-state index contributed by atoms with van der Waals surface area (Å²) in [5, 5.41) is 5.60. The average molecular weight is 273 g/mol. The van der Waals surface area contributed by atoms with Gasteiger partial charge in [-0.05, 0) is 20.8 Å². The minimum Gasteiger partial charge on any atom is -0.380 e. The van der Waals surface area contributed by atoms with Crippen molar-refractivity contribution in [3.05, 3.63) is 0 Å². The van der Waals surface area contributed by atoms with Gasteiger partial charge in [-0.25, -0.2) is 4.79 Å². The molecule has 1 rings (SSSR count). The van der Waals surface area contributed by atoms with Gasteiger partial charge in [0.25, 0.3) is 0 Å². The van der Waals surface area contributed by atoms with Crippen molar-refractivity contribution in [3.8, 4) is 0 Å². The van der Waals surface area contributed by atoms with E-state index in [9.17, 15) is 4.79 Å². The van der Waals surface area contributed by atoms with Gasteiger partial charge in [-0.3, -0.25) is 4.90 Å². The van der Waals surface area contributed by atoms with Gasteiger partial charge < -0.3 is 20.1 Å². The van der Waals surface area contributed by atoms with E-state index in [-0.39, 0.29) is 18.2 Å². The smallest absolute Gasteiger partial charge is 0.314 e. The van der Waals surface area contributed by atoms with Crippen LogP contribution in [0, 0.1) is 0 Å². The molecule has 0 spiro atoms. The number of amides is 2. The lowest BCUT2D eigenvalue weighted by Gasteiger charge is -2.35. The van der Waals surface area contributed by atoms with E-state index >= 15 is 0 Å². The largest absolute Gasteiger partial charge is 0.380 e. The van der Waals surface area contributed by atoms with Crippen molar-refractivity contribution in [2.75, 3.05) is 45.9 Å². The standard InChI is InChI=1S/C13H27N3O3/c1-4-18-8-6-15-13(17)14-5-7-16-9-11(2)19-12(3)10-16/h11-12H,4-10H2,1-3H3,(H2,14,15,17). The summed E-state index contributed by atoms with van der Waals surface area (Å²) in [7, 11) is 0. The quantitative estimate of drug-likeness (QED) is 0.660. The molecule has 0 saturated carbocycles. The van der Waals surface area contributed by atoms with Crippen molar-refractivity contribution in [2.45, 2.75) is 33.0 Å². The highest BCUT2D eigenvalue weighted by Crippen LogP contribution is 2.09. The molecule has 2 unspecified atom stereocenters. The van der Waals surface area contributed by atoms with E-state index in [0.717, 1.165) is 19.6 Å². The minimum atomic E-state index is -0.131. The van der Waals surface area contributed by atoms with Crippen LogP contribution in [-0.4, -0.2) is 69.1 Å². The summed E-state index contributed by atoms with van der Waals surface area (Å²) in [6.07, 6.45) is 0.535. The molecule has 2 atom stereocenters. The number of ether oxygens (including phenoxy) is 2. The second-order valence-electron chi connectivity index (χ2n) is 4.90. The molecule has 1 fully saturated rings. The van der Waals surface area contributed by atoms with Gasteiger partial charge in [-0.2, -0.15) is 0 Å². The van der Waals surface area contributed by atoms with Crippen molar-refractivity contribution in [3.63, 3.8) is 0 Å². The Morgan fingerprint density at radius 2 is 1.89 bits per heavy atom. The molecule has 0 bridgehead atoms. The van der Waals surface area contributed by atoms with Crippen molar-refractivity contribution in [1.82, 2.24) is 15.5 Å². The number of carbonyl (C=O) groups is 1. The van der Waals surface area contributed by atoms with Crippen molar-refractivity contribution in [2.24, 2.45) is 0 Å². The van der Waals surface area contributed by atoms with Crippen LogP contribution < -0.4 is 10.6 Å². The molecule has 0 aromatic rings.